The second kappa shape index (κ2) is 8.27. The predicted molar refractivity (Wildman–Crippen MR) is 101 cm³/mol. The Hall–Kier alpha value is -3.18. The van der Waals surface area contributed by atoms with Gasteiger partial charge in [0.25, 0.3) is 5.91 Å². The minimum absolute atomic E-state index is 0.0538. The van der Waals surface area contributed by atoms with Crippen LogP contribution in [0.5, 0.6) is 11.6 Å². The van der Waals surface area contributed by atoms with Gasteiger partial charge in [-0.1, -0.05) is 48.5 Å². The molecule has 132 valence electrons. The van der Waals surface area contributed by atoms with Gasteiger partial charge in [0.2, 0.25) is 5.88 Å². The topological polar surface area (TPSA) is 91.2 Å². The summed E-state index contributed by atoms with van der Waals surface area (Å²) in [7, 11) is 0. The van der Waals surface area contributed by atoms with Gasteiger partial charge in [0, 0.05) is 12.1 Å². The molecule has 1 unspecified atom stereocenters. The van der Waals surface area contributed by atoms with Gasteiger partial charge in [0.15, 0.2) is 0 Å². The fourth-order valence-corrected chi connectivity index (χ4v) is 2.71. The zero-order valence-corrected chi connectivity index (χ0v) is 14.3. The monoisotopic (exact) mass is 347 g/mol. The van der Waals surface area contributed by atoms with Crippen LogP contribution in [-0.4, -0.2) is 16.9 Å². The molecule has 0 radical (unpaired) electrons. The Morgan fingerprint density at radius 1 is 0.885 bits per heavy atom. The lowest BCUT2D eigenvalue weighted by atomic mass is 10.00. The minimum Gasteiger partial charge on any atom is -0.439 e. The van der Waals surface area contributed by atoms with Crippen molar-refractivity contribution in [2.24, 2.45) is 11.5 Å². The molecule has 0 aliphatic carbocycles. The Morgan fingerprint density at radius 2 is 1.54 bits per heavy atom. The van der Waals surface area contributed by atoms with Gasteiger partial charge in [-0.15, -0.1) is 0 Å². The number of pyridine rings is 1. The van der Waals surface area contributed by atoms with Crippen molar-refractivity contribution in [2.75, 3.05) is 0 Å². The first-order valence-electron chi connectivity index (χ1n) is 8.43. The van der Waals surface area contributed by atoms with E-state index < -0.39 is 5.91 Å². The second-order valence-corrected chi connectivity index (χ2v) is 6.13. The van der Waals surface area contributed by atoms with Gasteiger partial charge in [0.1, 0.15) is 11.4 Å². The van der Waals surface area contributed by atoms with Crippen molar-refractivity contribution in [2.45, 2.75) is 18.9 Å². The van der Waals surface area contributed by atoms with E-state index in [1.807, 2.05) is 42.5 Å². The van der Waals surface area contributed by atoms with Crippen LogP contribution in [0.2, 0.25) is 0 Å². The Labute approximate surface area is 152 Å². The van der Waals surface area contributed by atoms with Gasteiger partial charge in [-0.3, -0.25) is 4.79 Å². The first kappa shape index (κ1) is 17.6. The average Bonchev–Trinajstić information content (AvgIpc) is 2.64. The van der Waals surface area contributed by atoms with Gasteiger partial charge in [-0.25, -0.2) is 4.98 Å². The predicted octanol–water partition coefficient (Wildman–Crippen LogP) is 3.09. The number of carbonyl (C=O) groups is 1. The van der Waals surface area contributed by atoms with Gasteiger partial charge >= 0.3 is 0 Å². The summed E-state index contributed by atoms with van der Waals surface area (Å²) in [5, 5.41) is 0. The maximum Gasteiger partial charge on any atom is 0.267 e. The van der Waals surface area contributed by atoms with Crippen LogP contribution in [0.25, 0.3) is 0 Å². The normalized spacial score (nSPS) is 11.7. The van der Waals surface area contributed by atoms with Crippen LogP contribution in [0.3, 0.4) is 0 Å². The van der Waals surface area contributed by atoms with E-state index in [4.69, 9.17) is 16.2 Å². The summed E-state index contributed by atoms with van der Waals surface area (Å²) in [5.41, 5.74) is 14.0. The fraction of sp³-hybridized carbons (Fsp3) is 0.143. The molecular weight excluding hydrogens is 326 g/mol. The average molecular weight is 347 g/mol. The van der Waals surface area contributed by atoms with Crippen molar-refractivity contribution < 1.29 is 9.53 Å². The number of nitrogens with two attached hydrogens (primary N) is 2. The highest BCUT2D eigenvalue weighted by Crippen LogP contribution is 2.20. The van der Waals surface area contributed by atoms with Crippen LogP contribution < -0.4 is 16.2 Å². The molecule has 4 N–H and O–H groups in total. The number of aromatic nitrogens is 1. The Morgan fingerprint density at radius 3 is 2.19 bits per heavy atom. The number of benzene rings is 2. The van der Waals surface area contributed by atoms with E-state index in [9.17, 15) is 4.79 Å². The quantitative estimate of drug-likeness (QED) is 0.687. The van der Waals surface area contributed by atoms with E-state index in [0.29, 0.717) is 11.6 Å². The maximum atomic E-state index is 11.2. The molecular formula is C21H21N3O2. The van der Waals surface area contributed by atoms with E-state index in [1.54, 1.807) is 18.2 Å². The Bertz CT molecular complexity index is 864. The highest BCUT2D eigenvalue weighted by molar-refractivity contribution is 5.90. The van der Waals surface area contributed by atoms with E-state index >= 15 is 0 Å². The smallest absolute Gasteiger partial charge is 0.267 e. The Kier molecular flexibility index (Phi) is 5.61. The molecule has 3 aromatic rings. The molecule has 0 saturated carbocycles. The molecule has 1 aromatic heterocycles. The summed E-state index contributed by atoms with van der Waals surface area (Å²) in [6.07, 6.45) is 1.62. The summed E-state index contributed by atoms with van der Waals surface area (Å²) >= 11 is 0. The van der Waals surface area contributed by atoms with Gasteiger partial charge < -0.3 is 16.2 Å². The molecule has 3 rings (SSSR count). The zero-order chi connectivity index (χ0) is 18.4. The summed E-state index contributed by atoms with van der Waals surface area (Å²) in [5.74, 6) is 0.382. The van der Waals surface area contributed by atoms with Crippen molar-refractivity contribution in [1.82, 2.24) is 4.98 Å². The van der Waals surface area contributed by atoms with E-state index in [-0.39, 0.29) is 11.7 Å². The van der Waals surface area contributed by atoms with Crippen molar-refractivity contribution in [1.29, 1.82) is 0 Å². The highest BCUT2D eigenvalue weighted by atomic mass is 16.5. The molecule has 1 atom stereocenters. The highest BCUT2D eigenvalue weighted by Gasteiger charge is 2.07. The van der Waals surface area contributed by atoms with Gasteiger partial charge in [-0.05, 0) is 42.2 Å². The molecule has 5 heteroatoms. The third-order valence-corrected chi connectivity index (χ3v) is 3.96. The molecule has 0 saturated heterocycles. The number of carbonyl (C=O) groups excluding carboxylic acids is 1. The molecule has 2 aromatic carbocycles. The van der Waals surface area contributed by atoms with Crippen LogP contribution in [-0.2, 0) is 12.8 Å². The van der Waals surface area contributed by atoms with E-state index in [1.165, 1.54) is 5.56 Å². The van der Waals surface area contributed by atoms with E-state index in [2.05, 4.69) is 17.1 Å². The zero-order valence-electron chi connectivity index (χ0n) is 14.3. The largest absolute Gasteiger partial charge is 0.439 e. The number of ether oxygens (including phenoxy) is 1. The van der Waals surface area contributed by atoms with Crippen molar-refractivity contribution in [3.05, 3.63) is 89.6 Å². The first-order chi connectivity index (χ1) is 12.6. The minimum atomic E-state index is -0.585. The van der Waals surface area contributed by atoms with E-state index in [0.717, 1.165) is 18.4 Å². The van der Waals surface area contributed by atoms with Gasteiger partial charge in [-0.2, -0.15) is 0 Å². The molecule has 0 aliphatic rings. The maximum absolute atomic E-state index is 11.2. The van der Waals surface area contributed by atoms with Crippen molar-refractivity contribution in [3.8, 4) is 11.6 Å². The molecule has 0 aliphatic heterocycles. The molecule has 0 fully saturated rings. The molecule has 0 bridgehead atoms. The standard InChI is InChI=1S/C21H21N3O2/c22-17(13-15-5-2-1-3-6-15)14-16-9-11-18(12-10-16)26-20-8-4-7-19(24-20)21(23)25/h1-12,17H,13-14,22H2,(H2,23,25). The third kappa shape index (κ3) is 4.91. The van der Waals surface area contributed by atoms with Crippen molar-refractivity contribution in [3.63, 3.8) is 0 Å². The lowest BCUT2D eigenvalue weighted by Crippen LogP contribution is -2.25. The van der Waals surface area contributed by atoms with Crippen LogP contribution in [0, 0.1) is 0 Å². The molecule has 1 heterocycles. The molecule has 0 spiro atoms. The second-order valence-electron chi connectivity index (χ2n) is 6.13. The number of amides is 1. The summed E-state index contributed by atoms with van der Waals surface area (Å²) in [4.78, 5) is 15.2. The SMILES string of the molecule is NC(=O)c1cccc(Oc2ccc(CC(N)Cc3ccccc3)cc2)n1. The first-order valence-corrected chi connectivity index (χ1v) is 8.43. The lowest BCUT2D eigenvalue weighted by molar-refractivity contribution is 0.0995. The van der Waals surface area contributed by atoms with Crippen LogP contribution >= 0.6 is 0 Å². The molecule has 1 amide bonds. The molecule has 5 nitrogen and oxygen atoms in total. The number of nitrogens with zero attached hydrogens (tertiary/aromatic N) is 1. The van der Waals surface area contributed by atoms with Crippen LogP contribution in [0.15, 0.2) is 72.8 Å². The summed E-state index contributed by atoms with van der Waals surface area (Å²) in [6.45, 7) is 0. The van der Waals surface area contributed by atoms with Crippen LogP contribution in [0.4, 0.5) is 0 Å². The number of hydrogen-bond donors (Lipinski definition) is 2. The summed E-state index contributed by atoms with van der Waals surface area (Å²) < 4.78 is 5.67. The Balaban J connectivity index is 1.59. The summed E-state index contributed by atoms with van der Waals surface area (Å²) in [6, 6.07) is 22.9. The fourth-order valence-electron chi connectivity index (χ4n) is 2.71. The number of hydrogen-bond acceptors (Lipinski definition) is 4. The third-order valence-electron chi connectivity index (χ3n) is 3.96. The van der Waals surface area contributed by atoms with Crippen molar-refractivity contribution >= 4 is 5.91 Å². The number of primary amides is 1. The molecule has 26 heavy (non-hydrogen) atoms. The number of rotatable bonds is 7. The lowest BCUT2D eigenvalue weighted by Gasteiger charge is -2.12. The van der Waals surface area contributed by atoms with Gasteiger partial charge in [0.05, 0.1) is 0 Å². The van der Waals surface area contributed by atoms with Crippen LogP contribution in [0.1, 0.15) is 21.6 Å².